The van der Waals surface area contributed by atoms with Crippen LogP contribution in [0.5, 0.6) is 0 Å². The molecular formula is C16H24N2O3. The van der Waals surface area contributed by atoms with Crippen molar-refractivity contribution in [1.29, 1.82) is 0 Å². The van der Waals surface area contributed by atoms with Crippen molar-refractivity contribution in [2.75, 3.05) is 6.61 Å². The molecule has 2 saturated carbocycles. The minimum absolute atomic E-state index is 0.205. The summed E-state index contributed by atoms with van der Waals surface area (Å²) in [6.07, 6.45) is 7.20. The largest absolute Gasteiger partial charge is 0.465 e. The number of aromatic nitrogens is 2. The second kappa shape index (κ2) is 5.78. The van der Waals surface area contributed by atoms with Crippen molar-refractivity contribution in [2.45, 2.75) is 70.1 Å². The van der Waals surface area contributed by atoms with E-state index in [1.54, 1.807) is 0 Å². The van der Waals surface area contributed by atoms with Crippen LogP contribution in [0.25, 0.3) is 0 Å². The van der Waals surface area contributed by atoms with Gasteiger partial charge in [-0.25, -0.2) is 0 Å². The lowest BCUT2D eigenvalue weighted by Crippen LogP contribution is -2.44. The summed E-state index contributed by atoms with van der Waals surface area (Å²) < 4.78 is 10.7. The number of hydrogen-bond donors (Lipinski definition) is 0. The van der Waals surface area contributed by atoms with Gasteiger partial charge in [-0.2, -0.15) is 4.98 Å². The summed E-state index contributed by atoms with van der Waals surface area (Å²) in [4.78, 5) is 16.8. The van der Waals surface area contributed by atoms with E-state index in [-0.39, 0.29) is 5.97 Å². The predicted octanol–water partition coefficient (Wildman–Crippen LogP) is 3.35. The summed E-state index contributed by atoms with van der Waals surface area (Å²) >= 11 is 0. The average Bonchev–Trinajstić information content (AvgIpc) is 2.88. The summed E-state index contributed by atoms with van der Waals surface area (Å²) in [6.45, 7) is 4.51. The molecule has 2 fully saturated rings. The molecule has 0 unspecified atom stereocenters. The van der Waals surface area contributed by atoms with Crippen LogP contribution in [0.4, 0.5) is 0 Å². The standard InChI is InChI=1S/C16H24N2O3/c1-3-20-15(19)16(9-4-10-16)14-17-13(18-21-14)12-7-5-11(2)6-8-12/h11-12H,3-10H2,1-2H3. The highest BCUT2D eigenvalue weighted by atomic mass is 16.5. The third-order valence-corrected chi connectivity index (χ3v) is 5.11. The van der Waals surface area contributed by atoms with E-state index >= 15 is 0 Å². The number of esters is 1. The van der Waals surface area contributed by atoms with Gasteiger partial charge in [-0.1, -0.05) is 31.3 Å². The highest BCUT2D eigenvalue weighted by Gasteiger charge is 2.52. The first kappa shape index (κ1) is 14.5. The molecular weight excluding hydrogens is 268 g/mol. The van der Waals surface area contributed by atoms with Crippen molar-refractivity contribution in [2.24, 2.45) is 5.92 Å². The van der Waals surface area contributed by atoms with E-state index < -0.39 is 5.41 Å². The second-order valence-electron chi connectivity index (χ2n) is 6.57. The molecule has 0 saturated heterocycles. The molecule has 0 spiro atoms. The Bertz CT molecular complexity index is 499. The van der Waals surface area contributed by atoms with Gasteiger partial charge in [0.15, 0.2) is 5.82 Å². The summed E-state index contributed by atoms with van der Waals surface area (Å²) in [5.41, 5.74) is -0.663. The van der Waals surface area contributed by atoms with E-state index in [0.29, 0.717) is 18.4 Å². The Morgan fingerprint density at radius 1 is 1.33 bits per heavy atom. The van der Waals surface area contributed by atoms with Crippen LogP contribution in [0.2, 0.25) is 0 Å². The summed E-state index contributed by atoms with van der Waals surface area (Å²) in [5, 5.41) is 4.16. The van der Waals surface area contributed by atoms with Gasteiger partial charge in [-0.3, -0.25) is 4.79 Å². The van der Waals surface area contributed by atoms with E-state index in [9.17, 15) is 4.79 Å². The molecule has 5 heteroatoms. The van der Waals surface area contributed by atoms with Gasteiger partial charge in [0, 0.05) is 5.92 Å². The lowest BCUT2D eigenvalue weighted by molar-refractivity contribution is -0.155. The Hall–Kier alpha value is -1.39. The van der Waals surface area contributed by atoms with Crippen LogP contribution in [0.3, 0.4) is 0 Å². The van der Waals surface area contributed by atoms with E-state index in [1.165, 1.54) is 12.8 Å². The molecule has 1 heterocycles. The molecule has 116 valence electrons. The molecule has 1 aromatic heterocycles. The molecule has 0 aromatic carbocycles. The smallest absolute Gasteiger partial charge is 0.321 e. The minimum atomic E-state index is -0.663. The Kier molecular flexibility index (Phi) is 4.00. The maximum absolute atomic E-state index is 12.2. The Morgan fingerprint density at radius 2 is 2.05 bits per heavy atom. The normalized spacial score (nSPS) is 27.9. The van der Waals surface area contributed by atoms with Crippen molar-refractivity contribution < 1.29 is 14.1 Å². The first-order valence-electron chi connectivity index (χ1n) is 8.17. The number of carbonyl (C=O) groups is 1. The summed E-state index contributed by atoms with van der Waals surface area (Å²) in [6, 6.07) is 0. The van der Waals surface area contributed by atoms with Gasteiger partial charge in [0.25, 0.3) is 0 Å². The maximum atomic E-state index is 12.2. The van der Waals surface area contributed by atoms with Crippen LogP contribution >= 0.6 is 0 Å². The minimum Gasteiger partial charge on any atom is -0.465 e. The van der Waals surface area contributed by atoms with Crippen LogP contribution in [-0.4, -0.2) is 22.7 Å². The van der Waals surface area contributed by atoms with E-state index in [4.69, 9.17) is 9.26 Å². The maximum Gasteiger partial charge on any atom is 0.321 e. The molecule has 1 aromatic rings. The second-order valence-corrected chi connectivity index (χ2v) is 6.57. The van der Waals surface area contributed by atoms with Gasteiger partial charge in [0.2, 0.25) is 5.89 Å². The van der Waals surface area contributed by atoms with Crippen LogP contribution in [-0.2, 0) is 14.9 Å². The van der Waals surface area contributed by atoms with E-state index in [2.05, 4.69) is 17.1 Å². The fourth-order valence-electron chi connectivity index (χ4n) is 3.42. The lowest BCUT2D eigenvalue weighted by Gasteiger charge is -2.35. The predicted molar refractivity (Wildman–Crippen MR) is 76.8 cm³/mol. The topological polar surface area (TPSA) is 65.2 Å². The van der Waals surface area contributed by atoms with Gasteiger partial charge >= 0.3 is 5.97 Å². The average molecular weight is 292 g/mol. The molecule has 5 nitrogen and oxygen atoms in total. The molecule has 21 heavy (non-hydrogen) atoms. The Labute approximate surface area is 125 Å². The fourth-order valence-corrected chi connectivity index (χ4v) is 3.42. The van der Waals surface area contributed by atoms with Crippen molar-refractivity contribution in [3.05, 3.63) is 11.7 Å². The number of rotatable bonds is 4. The van der Waals surface area contributed by atoms with Crippen molar-refractivity contribution >= 4 is 5.97 Å². The van der Waals surface area contributed by atoms with Crippen LogP contribution in [0.1, 0.15) is 76.4 Å². The summed E-state index contributed by atoms with van der Waals surface area (Å²) in [5.74, 6) is 2.24. The monoisotopic (exact) mass is 292 g/mol. The molecule has 3 rings (SSSR count). The molecule has 0 amide bonds. The third kappa shape index (κ3) is 2.58. The zero-order valence-corrected chi connectivity index (χ0v) is 12.9. The fraction of sp³-hybridized carbons (Fsp3) is 0.812. The van der Waals surface area contributed by atoms with Gasteiger partial charge in [-0.05, 0) is 38.5 Å². The zero-order valence-electron chi connectivity index (χ0n) is 12.9. The van der Waals surface area contributed by atoms with Crippen molar-refractivity contribution in [3.8, 4) is 0 Å². The zero-order chi connectivity index (χ0) is 14.9. The number of carbonyl (C=O) groups excluding carboxylic acids is 1. The van der Waals surface area contributed by atoms with Gasteiger partial charge in [0.1, 0.15) is 5.41 Å². The lowest BCUT2D eigenvalue weighted by atomic mass is 9.68. The SMILES string of the molecule is CCOC(=O)C1(c2nc(C3CCC(C)CC3)no2)CCC1. The Balaban J connectivity index is 1.76. The molecule has 2 aliphatic carbocycles. The third-order valence-electron chi connectivity index (χ3n) is 5.11. The molecule has 0 aliphatic heterocycles. The number of ether oxygens (including phenoxy) is 1. The van der Waals surface area contributed by atoms with Gasteiger partial charge < -0.3 is 9.26 Å². The van der Waals surface area contributed by atoms with E-state index in [1.807, 2.05) is 6.92 Å². The molecule has 0 N–H and O–H groups in total. The Morgan fingerprint density at radius 3 is 2.62 bits per heavy atom. The first-order valence-corrected chi connectivity index (χ1v) is 8.17. The molecule has 0 atom stereocenters. The van der Waals surface area contributed by atoms with Gasteiger partial charge in [-0.15, -0.1) is 0 Å². The van der Waals surface area contributed by atoms with E-state index in [0.717, 1.165) is 43.8 Å². The van der Waals surface area contributed by atoms with Crippen LogP contribution in [0.15, 0.2) is 4.52 Å². The first-order chi connectivity index (χ1) is 10.2. The van der Waals surface area contributed by atoms with Crippen molar-refractivity contribution in [3.63, 3.8) is 0 Å². The number of nitrogens with zero attached hydrogens (tertiary/aromatic N) is 2. The molecule has 0 radical (unpaired) electrons. The van der Waals surface area contributed by atoms with Crippen LogP contribution < -0.4 is 0 Å². The van der Waals surface area contributed by atoms with Crippen LogP contribution in [0, 0.1) is 5.92 Å². The van der Waals surface area contributed by atoms with Gasteiger partial charge in [0.05, 0.1) is 6.61 Å². The highest BCUT2D eigenvalue weighted by Crippen LogP contribution is 2.45. The summed E-state index contributed by atoms with van der Waals surface area (Å²) in [7, 11) is 0. The van der Waals surface area contributed by atoms with Crippen molar-refractivity contribution in [1.82, 2.24) is 10.1 Å². The number of hydrogen-bond acceptors (Lipinski definition) is 5. The highest BCUT2D eigenvalue weighted by molar-refractivity contribution is 5.83. The molecule has 2 aliphatic rings. The molecule has 0 bridgehead atoms. The quantitative estimate of drug-likeness (QED) is 0.796.